The highest BCUT2D eigenvalue weighted by atomic mass is 35.5. The van der Waals surface area contributed by atoms with Crippen LogP contribution < -0.4 is 4.74 Å². The standard InChI is InChI=1S/C23H23Cl3N2O3/c24-17-10-8-16(9-11-17)22(23(26)28-13-12-27-15-28)31-21-7-3-4-18(30-21)14-29-20-6-2-1-5-19(20)25/h1-2,5-6,8-13,15,18,21-23H,3-4,7,14H2. The van der Waals surface area contributed by atoms with Gasteiger partial charge in [-0.05, 0) is 49.1 Å². The second kappa shape index (κ2) is 10.7. The van der Waals surface area contributed by atoms with Crippen molar-refractivity contribution in [1.82, 2.24) is 9.55 Å². The molecule has 0 N–H and O–H groups in total. The molecule has 8 heteroatoms. The van der Waals surface area contributed by atoms with Crippen molar-refractivity contribution in [3.63, 3.8) is 0 Å². The van der Waals surface area contributed by atoms with Crippen LogP contribution in [0.4, 0.5) is 0 Å². The Bertz CT molecular complexity index is 953. The zero-order valence-electron chi connectivity index (χ0n) is 16.7. The highest BCUT2D eigenvalue weighted by molar-refractivity contribution is 6.32. The molecule has 0 saturated carbocycles. The van der Waals surface area contributed by atoms with Gasteiger partial charge in [0, 0.05) is 17.4 Å². The van der Waals surface area contributed by atoms with Crippen molar-refractivity contribution >= 4 is 34.8 Å². The van der Waals surface area contributed by atoms with Crippen LogP contribution in [0.1, 0.15) is 36.4 Å². The SMILES string of the molecule is Clc1ccc(C(OC2CCCC(COc3ccccc3Cl)O2)C(Cl)n2ccnc2)cc1. The van der Waals surface area contributed by atoms with Gasteiger partial charge < -0.3 is 18.8 Å². The molecule has 3 aromatic rings. The van der Waals surface area contributed by atoms with Crippen LogP contribution in [0.5, 0.6) is 5.75 Å². The van der Waals surface area contributed by atoms with E-state index in [4.69, 9.17) is 49.0 Å². The Labute approximate surface area is 196 Å². The molecule has 31 heavy (non-hydrogen) atoms. The molecule has 1 aliphatic heterocycles. The lowest BCUT2D eigenvalue weighted by Crippen LogP contribution is -2.35. The van der Waals surface area contributed by atoms with Crippen LogP contribution in [-0.4, -0.2) is 28.6 Å². The van der Waals surface area contributed by atoms with Gasteiger partial charge in [0.1, 0.15) is 24.0 Å². The third-order valence-electron chi connectivity index (χ3n) is 5.13. The van der Waals surface area contributed by atoms with Crippen molar-refractivity contribution in [3.05, 3.63) is 82.9 Å². The molecule has 1 aromatic heterocycles. The van der Waals surface area contributed by atoms with Gasteiger partial charge in [-0.15, -0.1) is 0 Å². The first kappa shape index (κ1) is 22.4. The predicted molar refractivity (Wildman–Crippen MR) is 122 cm³/mol. The summed E-state index contributed by atoms with van der Waals surface area (Å²) < 4.78 is 20.2. The Morgan fingerprint density at radius 2 is 1.90 bits per heavy atom. The number of nitrogens with zero attached hydrogens (tertiary/aromatic N) is 2. The second-order valence-electron chi connectivity index (χ2n) is 7.35. The van der Waals surface area contributed by atoms with E-state index in [1.807, 2.05) is 53.2 Å². The summed E-state index contributed by atoms with van der Waals surface area (Å²) in [4.78, 5) is 4.10. The Morgan fingerprint density at radius 3 is 2.65 bits per heavy atom. The molecule has 0 radical (unpaired) electrons. The van der Waals surface area contributed by atoms with Crippen molar-refractivity contribution in [2.24, 2.45) is 0 Å². The number of benzene rings is 2. The summed E-state index contributed by atoms with van der Waals surface area (Å²) in [5.74, 6) is 0.649. The van der Waals surface area contributed by atoms with Crippen molar-refractivity contribution in [1.29, 1.82) is 0 Å². The van der Waals surface area contributed by atoms with Crippen molar-refractivity contribution < 1.29 is 14.2 Å². The van der Waals surface area contributed by atoms with Gasteiger partial charge in [-0.2, -0.15) is 0 Å². The smallest absolute Gasteiger partial charge is 0.159 e. The number of hydrogen-bond donors (Lipinski definition) is 0. The van der Waals surface area contributed by atoms with Gasteiger partial charge in [-0.3, -0.25) is 0 Å². The van der Waals surface area contributed by atoms with Crippen molar-refractivity contribution in [2.75, 3.05) is 6.61 Å². The van der Waals surface area contributed by atoms with Crippen LogP contribution >= 0.6 is 34.8 Å². The third kappa shape index (κ3) is 5.93. The van der Waals surface area contributed by atoms with E-state index in [9.17, 15) is 0 Å². The predicted octanol–water partition coefficient (Wildman–Crippen LogP) is 6.66. The van der Waals surface area contributed by atoms with Gasteiger partial charge in [0.2, 0.25) is 0 Å². The van der Waals surface area contributed by atoms with E-state index < -0.39 is 17.9 Å². The molecule has 1 saturated heterocycles. The molecule has 164 valence electrons. The Balaban J connectivity index is 1.43. The number of para-hydroxylation sites is 1. The van der Waals surface area contributed by atoms with Crippen LogP contribution in [0.3, 0.4) is 0 Å². The summed E-state index contributed by atoms with van der Waals surface area (Å²) in [6.07, 6.45) is 6.86. The fraction of sp³-hybridized carbons (Fsp3) is 0.348. The minimum absolute atomic E-state index is 0.0945. The lowest BCUT2D eigenvalue weighted by Gasteiger charge is -2.34. The van der Waals surface area contributed by atoms with Gasteiger partial charge in [-0.25, -0.2) is 4.98 Å². The van der Waals surface area contributed by atoms with Gasteiger partial charge >= 0.3 is 0 Å². The maximum atomic E-state index is 6.77. The normalized spacial score (nSPS) is 20.9. The van der Waals surface area contributed by atoms with Crippen LogP contribution in [0.25, 0.3) is 0 Å². The summed E-state index contributed by atoms with van der Waals surface area (Å²) >= 11 is 19.0. The van der Waals surface area contributed by atoms with E-state index in [1.165, 1.54) is 0 Å². The van der Waals surface area contributed by atoms with Gasteiger partial charge in [0.05, 0.1) is 17.5 Å². The fourth-order valence-electron chi connectivity index (χ4n) is 3.52. The fourth-order valence-corrected chi connectivity index (χ4v) is 4.16. The first-order valence-corrected chi connectivity index (χ1v) is 11.3. The van der Waals surface area contributed by atoms with E-state index in [2.05, 4.69) is 4.98 Å². The third-order valence-corrected chi connectivity index (χ3v) is 6.15. The molecule has 4 unspecified atom stereocenters. The largest absolute Gasteiger partial charge is 0.489 e. The van der Waals surface area contributed by atoms with E-state index in [1.54, 1.807) is 18.6 Å². The number of imidazole rings is 1. The maximum absolute atomic E-state index is 6.77. The van der Waals surface area contributed by atoms with E-state index in [-0.39, 0.29) is 6.10 Å². The summed E-state index contributed by atoms with van der Waals surface area (Å²) in [5.41, 5.74) is 0.420. The summed E-state index contributed by atoms with van der Waals surface area (Å²) in [6.45, 7) is 0.404. The van der Waals surface area contributed by atoms with Crippen LogP contribution in [0.15, 0.2) is 67.3 Å². The zero-order valence-corrected chi connectivity index (χ0v) is 19.0. The molecule has 1 fully saturated rings. The quantitative estimate of drug-likeness (QED) is 0.337. The van der Waals surface area contributed by atoms with E-state index in [0.717, 1.165) is 24.8 Å². The van der Waals surface area contributed by atoms with Crippen LogP contribution in [0, 0.1) is 0 Å². The molecule has 4 atom stereocenters. The topological polar surface area (TPSA) is 45.5 Å². The number of ether oxygens (including phenoxy) is 3. The van der Waals surface area contributed by atoms with Crippen molar-refractivity contribution in [2.45, 2.75) is 43.3 Å². The van der Waals surface area contributed by atoms with Crippen molar-refractivity contribution in [3.8, 4) is 5.75 Å². The van der Waals surface area contributed by atoms with Gasteiger partial charge in [0.15, 0.2) is 6.29 Å². The first-order valence-electron chi connectivity index (χ1n) is 10.2. The van der Waals surface area contributed by atoms with E-state index >= 15 is 0 Å². The first-order chi connectivity index (χ1) is 15.1. The van der Waals surface area contributed by atoms with Gasteiger partial charge in [0.25, 0.3) is 0 Å². The number of hydrogen-bond acceptors (Lipinski definition) is 4. The minimum atomic E-state index is -0.493. The number of alkyl halides is 1. The number of rotatable bonds is 8. The van der Waals surface area contributed by atoms with Gasteiger partial charge in [-0.1, -0.05) is 59.1 Å². The molecular weight excluding hydrogens is 459 g/mol. The molecule has 0 bridgehead atoms. The van der Waals surface area contributed by atoms with Crippen LogP contribution in [0.2, 0.25) is 10.0 Å². The summed E-state index contributed by atoms with van der Waals surface area (Å²) in [5, 5.41) is 1.24. The molecule has 1 aliphatic rings. The highest BCUT2D eigenvalue weighted by Crippen LogP contribution is 2.37. The lowest BCUT2D eigenvalue weighted by atomic mass is 10.1. The average molecular weight is 482 g/mol. The minimum Gasteiger partial charge on any atom is -0.489 e. The molecular formula is C23H23Cl3N2O3. The monoisotopic (exact) mass is 480 g/mol. The Kier molecular flexibility index (Phi) is 7.75. The molecule has 0 amide bonds. The lowest BCUT2D eigenvalue weighted by molar-refractivity contribution is -0.224. The molecule has 2 aromatic carbocycles. The molecule has 5 nitrogen and oxygen atoms in total. The molecule has 4 rings (SSSR count). The summed E-state index contributed by atoms with van der Waals surface area (Å²) in [7, 11) is 0. The average Bonchev–Trinajstić information content (AvgIpc) is 3.33. The maximum Gasteiger partial charge on any atom is 0.159 e. The zero-order chi connectivity index (χ0) is 21.6. The molecule has 2 heterocycles. The van der Waals surface area contributed by atoms with E-state index in [0.29, 0.717) is 22.4 Å². The number of aromatic nitrogens is 2. The second-order valence-corrected chi connectivity index (χ2v) is 8.64. The molecule has 0 aliphatic carbocycles. The summed E-state index contributed by atoms with van der Waals surface area (Å²) in [6, 6.07) is 14.9. The molecule has 0 spiro atoms. The Hall–Kier alpha value is -1.76. The highest BCUT2D eigenvalue weighted by Gasteiger charge is 2.31. The van der Waals surface area contributed by atoms with Crippen LogP contribution in [-0.2, 0) is 9.47 Å². The Morgan fingerprint density at radius 1 is 1.10 bits per heavy atom. The number of halogens is 3.